The van der Waals surface area contributed by atoms with Gasteiger partial charge in [-0.3, -0.25) is 9.59 Å². The van der Waals surface area contributed by atoms with Crippen LogP contribution in [0.3, 0.4) is 0 Å². The van der Waals surface area contributed by atoms with Crippen LogP contribution in [0, 0.1) is 0 Å². The molecule has 1 fully saturated rings. The lowest BCUT2D eigenvalue weighted by Gasteiger charge is -2.26. The van der Waals surface area contributed by atoms with Crippen LogP contribution < -0.4 is 10.1 Å². The molecule has 3 aromatic rings. The van der Waals surface area contributed by atoms with E-state index in [1.165, 1.54) is 5.56 Å². The first-order chi connectivity index (χ1) is 16.1. The van der Waals surface area contributed by atoms with Crippen molar-refractivity contribution in [1.82, 2.24) is 4.90 Å². The van der Waals surface area contributed by atoms with Crippen LogP contribution in [0.25, 0.3) is 0 Å². The van der Waals surface area contributed by atoms with Gasteiger partial charge < -0.3 is 19.7 Å². The van der Waals surface area contributed by atoms with Gasteiger partial charge in [0.2, 0.25) is 0 Å². The lowest BCUT2D eigenvalue weighted by Crippen LogP contribution is -2.40. The number of ether oxygens (including phenoxy) is 2. The zero-order valence-electron chi connectivity index (χ0n) is 18.1. The normalized spacial score (nSPS) is 13.4. The van der Waals surface area contributed by atoms with Crippen LogP contribution in [0.1, 0.15) is 26.3 Å². The summed E-state index contributed by atoms with van der Waals surface area (Å²) in [6.45, 7) is 2.86. The van der Waals surface area contributed by atoms with Gasteiger partial charge >= 0.3 is 0 Å². The molecule has 170 valence electrons. The number of carbonyl (C=O) groups excluding carboxylic acids is 2. The first-order valence-corrected chi connectivity index (χ1v) is 11.6. The molecule has 1 N–H and O–H groups in total. The van der Waals surface area contributed by atoms with Crippen molar-refractivity contribution in [3.8, 4) is 5.75 Å². The number of nitrogens with zero attached hydrogens (tertiary/aromatic N) is 1. The Labute approximate surface area is 201 Å². The summed E-state index contributed by atoms with van der Waals surface area (Å²) < 4.78 is 11.9. The summed E-state index contributed by atoms with van der Waals surface area (Å²) in [6.07, 6.45) is 0.805. The molecule has 0 aliphatic carbocycles. The lowest BCUT2D eigenvalue weighted by molar-refractivity contribution is 0.0303. The highest BCUT2D eigenvalue weighted by atomic mass is 79.9. The van der Waals surface area contributed by atoms with Crippen molar-refractivity contribution >= 4 is 33.4 Å². The third-order valence-electron chi connectivity index (χ3n) is 5.37. The van der Waals surface area contributed by atoms with Gasteiger partial charge in [0.15, 0.2) is 0 Å². The summed E-state index contributed by atoms with van der Waals surface area (Å²) >= 11 is 3.49. The summed E-state index contributed by atoms with van der Waals surface area (Å²) in [4.78, 5) is 27.0. The monoisotopic (exact) mass is 508 g/mol. The topological polar surface area (TPSA) is 67.9 Å². The first kappa shape index (κ1) is 23.0. The molecule has 0 radical (unpaired) electrons. The van der Waals surface area contributed by atoms with Gasteiger partial charge in [-0.2, -0.15) is 0 Å². The Bertz CT molecular complexity index is 1100. The standard InChI is InChI=1S/C26H25BrN2O4/c27-23-18-21(8-11-24(23)33-15-12-19-4-2-1-3-5-19)25(30)28-22-9-6-20(7-10-22)26(31)29-13-16-32-17-14-29/h1-11,18H,12-17H2,(H,28,30). The molecule has 4 rings (SSSR count). The SMILES string of the molecule is O=C(Nc1ccc(C(=O)N2CCOCC2)cc1)c1ccc(OCCc2ccccc2)c(Br)c1. The van der Waals surface area contributed by atoms with Crippen LogP contribution in [-0.4, -0.2) is 49.6 Å². The average molecular weight is 509 g/mol. The van der Waals surface area contributed by atoms with E-state index in [1.807, 2.05) is 18.2 Å². The van der Waals surface area contributed by atoms with Crippen molar-refractivity contribution in [2.75, 3.05) is 38.2 Å². The maximum atomic E-state index is 12.7. The Morgan fingerprint density at radius 1 is 0.939 bits per heavy atom. The molecular formula is C26H25BrN2O4. The highest BCUT2D eigenvalue weighted by Gasteiger charge is 2.18. The molecule has 0 bridgehead atoms. The van der Waals surface area contributed by atoms with E-state index < -0.39 is 0 Å². The number of nitrogens with one attached hydrogen (secondary N) is 1. The fourth-order valence-corrected chi connectivity index (χ4v) is 4.02. The van der Waals surface area contributed by atoms with E-state index >= 15 is 0 Å². The smallest absolute Gasteiger partial charge is 0.255 e. The summed E-state index contributed by atoms with van der Waals surface area (Å²) in [6, 6.07) is 22.3. The Hall–Kier alpha value is -3.16. The number of anilines is 1. The Balaban J connectivity index is 1.32. The minimum absolute atomic E-state index is 0.0250. The second-order valence-electron chi connectivity index (χ2n) is 7.67. The zero-order valence-corrected chi connectivity index (χ0v) is 19.7. The molecule has 33 heavy (non-hydrogen) atoms. The number of hydrogen-bond acceptors (Lipinski definition) is 4. The van der Waals surface area contributed by atoms with Crippen LogP contribution in [-0.2, 0) is 11.2 Å². The minimum Gasteiger partial charge on any atom is -0.492 e. The maximum absolute atomic E-state index is 12.7. The molecule has 3 aromatic carbocycles. The molecule has 6 nitrogen and oxygen atoms in total. The summed E-state index contributed by atoms with van der Waals surface area (Å²) in [5.41, 5.74) is 2.93. The zero-order chi connectivity index (χ0) is 23.0. The third-order valence-corrected chi connectivity index (χ3v) is 5.99. The van der Waals surface area contributed by atoms with Crippen LogP contribution in [0.4, 0.5) is 5.69 Å². The van der Waals surface area contributed by atoms with Crippen LogP contribution in [0.15, 0.2) is 77.3 Å². The van der Waals surface area contributed by atoms with E-state index in [0.717, 1.165) is 10.9 Å². The molecule has 1 saturated heterocycles. The predicted octanol–water partition coefficient (Wildman–Crippen LogP) is 4.80. The molecule has 0 atom stereocenters. The number of rotatable bonds is 7. The Morgan fingerprint density at radius 2 is 1.64 bits per heavy atom. The van der Waals surface area contributed by atoms with Crippen molar-refractivity contribution < 1.29 is 19.1 Å². The van der Waals surface area contributed by atoms with Crippen molar-refractivity contribution in [2.45, 2.75) is 6.42 Å². The molecular weight excluding hydrogens is 484 g/mol. The van der Waals surface area contributed by atoms with Gasteiger partial charge in [0.1, 0.15) is 5.75 Å². The van der Waals surface area contributed by atoms with Gasteiger partial charge in [-0.1, -0.05) is 30.3 Å². The molecule has 1 heterocycles. The van der Waals surface area contributed by atoms with E-state index in [-0.39, 0.29) is 11.8 Å². The fraction of sp³-hybridized carbons (Fsp3) is 0.231. The van der Waals surface area contributed by atoms with E-state index in [2.05, 4.69) is 33.4 Å². The largest absolute Gasteiger partial charge is 0.492 e. The highest BCUT2D eigenvalue weighted by Crippen LogP contribution is 2.27. The third kappa shape index (κ3) is 6.21. The van der Waals surface area contributed by atoms with Gasteiger partial charge in [-0.05, 0) is 64.0 Å². The number of carbonyl (C=O) groups is 2. The molecule has 0 saturated carbocycles. The van der Waals surface area contributed by atoms with Gasteiger partial charge in [-0.15, -0.1) is 0 Å². The van der Waals surface area contributed by atoms with Crippen molar-refractivity contribution in [3.05, 3.63) is 94.0 Å². The minimum atomic E-state index is -0.237. The van der Waals surface area contributed by atoms with E-state index in [0.29, 0.717) is 55.5 Å². The molecule has 0 unspecified atom stereocenters. The molecule has 1 aliphatic heterocycles. The number of hydrogen-bond donors (Lipinski definition) is 1. The van der Waals surface area contributed by atoms with Crippen molar-refractivity contribution in [2.24, 2.45) is 0 Å². The second-order valence-corrected chi connectivity index (χ2v) is 8.52. The van der Waals surface area contributed by atoms with Crippen molar-refractivity contribution in [3.63, 3.8) is 0 Å². The predicted molar refractivity (Wildman–Crippen MR) is 131 cm³/mol. The first-order valence-electron chi connectivity index (χ1n) is 10.8. The number of halogens is 1. The maximum Gasteiger partial charge on any atom is 0.255 e. The second kappa shape index (κ2) is 11.1. The number of morpholine rings is 1. The fourth-order valence-electron chi connectivity index (χ4n) is 3.53. The molecule has 7 heteroatoms. The molecule has 0 aromatic heterocycles. The average Bonchev–Trinajstić information content (AvgIpc) is 2.86. The van der Waals surface area contributed by atoms with Crippen LogP contribution in [0.5, 0.6) is 5.75 Å². The van der Waals surface area contributed by atoms with Gasteiger partial charge in [0.25, 0.3) is 11.8 Å². The Kier molecular flexibility index (Phi) is 7.75. The molecule has 0 spiro atoms. The van der Waals surface area contributed by atoms with E-state index in [4.69, 9.17) is 9.47 Å². The molecule has 2 amide bonds. The number of benzene rings is 3. The van der Waals surface area contributed by atoms with Crippen molar-refractivity contribution in [1.29, 1.82) is 0 Å². The van der Waals surface area contributed by atoms with E-state index in [1.54, 1.807) is 47.4 Å². The summed E-state index contributed by atoms with van der Waals surface area (Å²) in [7, 11) is 0. The Morgan fingerprint density at radius 3 is 2.33 bits per heavy atom. The summed E-state index contributed by atoms with van der Waals surface area (Å²) in [5, 5.41) is 2.87. The lowest BCUT2D eigenvalue weighted by atomic mass is 10.1. The van der Waals surface area contributed by atoms with Gasteiger partial charge in [0.05, 0.1) is 24.3 Å². The van der Waals surface area contributed by atoms with Crippen LogP contribution in [0.2, 0.25) is 0 Å². The quantitative estimate of drug-likeness (QED) is 0.497. The highest BCUT2D eigenvalue weighted by molar-refractivity contribution is 9.10. The van der Waals surface area contributed by atoms with E-state index in [9.17, 15) is 9.59 Å². The molecule has 1 aliphatic rings. The number of amides is 2. The summed E-state index contributed by atoms with van der Waals surface area (Å²) in [5.74, 6) is 0.426. The van der Waals surface area contributed by atoms with Gasteiger partial charge in [0, 0.05) is 36.3 Å². The van der Waals surface area contributed by atoms with Crippen LogP contribution >= 0.6 is 15.9 Å². The van der Waals surface area contributed by atoms with Gasteiger partial charge in [-0.25, -0.2) is 0 Å².